The molecule has 0 spiro atoms. The zero-order valence-electron chi connectivity index (χ0n) is 12.2. The lowest BCUT2D eigenvalue weighted by molar-refractivity contribution is 0.363. The molecule has 106 valence electrons. The molecular weight excluding hydrogens is 253 g/mol. The fourth-order valence-electron chi connectivity index (χ4n) is 2.10. The van der Waals surface area contributed by atoms with Gasteiger partial charge in [-0.05, 0) is 31.7 Å². The van der Waals surface area contributed by atoms with Gasteiger partial charge < -0.3 is 0 Å². The highest BCUT2D eigenvalue weighted by Crippen LogP contribution is 2.08. The summed E-state index contributed by atoms with van der Waals surface area (Å²) in [6.45, 7) is 3.73. The van der Waals surface area contributed by atoms with E-state index in [4.69, 9.17) is 0 Å². The summed E-state index contributed by atoms with van der Waals surface area (Å²) in [6.07, 6.45) is 6.14. The summed E-state index contributed by atoms with van der Waals surface area (Å²) < 4.78 is 14.6. The first-order chi connectivity index (χ1) is 9.54. The molecule has 0 aliphatic carbocycles. The third-order valence-corrected chi connectivity index (χ3v) is 3.15. The lowest BCUT2D eigenvalue weighted by Gasteiger charge is -2.13. The topological polar surface area (TPSA) is 21.1 Å². The molecule has 0 saturated heterocycles. The molecule has 1 aromatic heterocycles. The van der Waals surface area contributed by atoms with Crippen LogP contribution in [0.15, 0.2) is 36.5 Å². The highest BCUT2D eigenvalue weighted by atomic mass is 19.1. The van der Waals surface area contributed by atoms with Gasteiger partial charge in [0.2, 0.25) is 0 Å². The molecular formula is C16H20FN3. The Morgan fingerprint density at radius 2 is 2.00 bits per heavy atom. The fraction of sp³-hybridized carbons (Fsp3) is 0.312. The second kappa shape index (κ2) is 6.48. The van der Waals surface area contributed by atoms with Gasteiger partial charge in [-0.15, -0.1) is 0 Å². The van der Waals surface area contributed by atoms with E-state index in [1.807, 2.05) is 24.7 Å². The van der Waals surface area contributed by atoms with Gasteiger partial charge in [-0.25, -0.2) is 4.39 Å². The summed E-state index contributed by atoms with van der Waals surface area (Å²) in [7, 11) is 4.01. The Balaban J connectivity index is 1.87. The molecule has 0 bridgehead atoms. The number of aryl methyl sites for hydroxylation is 2. The Morgan fingerprint density at radius 3 is 2.60 bits per heavy atom. The number of hydrogen-bond donors (Lipinski definition) is 0. The largest absolute Gasteiger partial charge is 0.298 e. The first kappa shape index (κ1) is 14.5. The van der Waals surface area contributed by atoms with Gasteiger partial charge in [0.15, 0.2) is 0 Å². The molecule has 0 atom stereocenters. The second-order valence-corrected chi connectivity index (χ2v) is 5.06. The van der Waals surface area contributed by atoms with E-state index in [-0.39, 0.29) is 5.82 Å². The van der Waals surface area contributed by atoms with Crippen molar-refractivity contribution in [1.82, 2.24) is 14.7 Å². The zero-order chi connectivity index (χ0) is 14.5. The normalized spacial score (nSPS) is 11.7. The Hall–Kier alpha value is -1.94. The first-order valence-corrected chi connectivity index (χ1v) is 6.64. The number of hydrogen-bond acceptors (Lipinski definition) is 2. The number of likely N-dealkylation sites (N-methyl/N-ethyl adjacent to an activating group) is 1. The van der Waals surface area contributed by atoms with Gasteiger partial charge in [-0.2, -0.15) is 5.10 Å². The van der Waals surface area contributed by atoms with Crippen LogP contribution in [0, 0.1) is 12.7 Å². The van der Waals surface area contributed by atoms with E-state index in [9.17, 15) is 4.39 Å². The average Bonchev–Trinajstić information content (AvgIpc) is 2.70. The van der Waals surface area contributed by atoms with Crippen LogP contribution in [0.4, 0.5) is 4.39 Å². The summed E-state index contributed by atoms with van der Waals surface area (Å²) in [5.41, 5.74) is 3.32. The molecule has 1 heterocycles. The molecule has 0 aliphatic rings. The minimum atomic E-state index is -0.202. The van der Waals surface area contributed by atoms with Crippen LogP contribution >= 0.6 is 0 Å². The molecule has 1 aromatic carbocycles. The van der Waals surface area contributed by atoms with Crippen molar-refractivity contribution in [3.63, 3.8) is 0 Å². The van der Waals surface area contributed by atoms with Gasteiger partial charge in [0.05, 0.1) is 5.69 Å². The maximum Gasteiger partial charge on any atom is 0.123 e. The number of benzene rings is 1. The van der Waals surface area contributed by atoms with Gasteiger partial charge >= 0.3 is 0 Å². The van der Waals surface area contributed by atoms with Crippen LogP contribution in [-0.2, 0) is 13.6 Å². The Kier molecular flexibility index (Phi) is 4.69. The lowest BCUT2D eigenvalue weighted by atomic mass is 10.2. The molecule has 0 radical (unpaired) electrons. The Labute approximate surface area is 119 Å². The van der Waals surface area contributed by atoms with Crippen molar-refractivity contribution >= 4 is 6.08 Å². The Bertz CT molecular complexity index is 584. The van der Waals surface area contributed by atoms with E-state index in [1.165, 1.54) is 17.7 Å². The molecule has 4 heteroatoms. The van der Waals surface area contributed by atoms with Gasteiger partial charge in [0, 0.05) is 31.9 Å². The first-order valence-electron chi connectivity index (χ1n) is 6.64. The molecule has 20 heavy (non-hydrogen) atoms. The van der Waals surface area contributed by atoms with Crippen LogP contribution < -0.4 is 0 Å². The number of halogens is 1. The minimum Gasteiger partial charge on any atom is -0.298 e. The zero-order valence-corrected chi connectivity index (χ0v) is 12.2. The van der Waals surface area contributed by atoms with E-state index in [0.717, 1.165) is 24.3 Å². The lowest BCUT2D eigenvalue weighted by Crippen LogP contribution is -2.17. The van der Waals surface area contributed by atoms with Crippen LogP contribution in [0.2, 0.25) is 0 Å². The van der Waals surface area contributed by atoms with Gasteiger partial charge in [-0.1, -0.05) is 24.3 Å². The minimum absolute atomic E-state index is 0.202. The number of nitrogens with zero attached hydrogens (tertiary/aromatic N) is 3. The van der Waals surface area contributed by atoms with Crippen molar-refractivity contribution in [1.29, 1.82) is 0 Å². The van der Waals surface area contributed by atoms with Crippen molar-refractivity contribution in [2.45, 2.75) is 13.5 Å². The monoisotopic (exact) mass is 273 g/mol. The summed E-state index contributed by atoms with van der Waals surface area (Å²) in [5, 5.41) is 4.34. The number of rotatable bonds is 5. The third-order valence-electron chi connectivity index (χ3n) is 3.15. The molecule has 0 fully saturated rings. The maximum atomic E-state index is 12.8. The third kappa shape index (κ3) is 4.03. The summed E-state index contributed by atoms with van der Waals surface area (Å²) >= 11 is 0. The number of aromatic nitrogens is 2. The fourth-order valence-corrected chi connectivity index (χ4v) is 2.10. The van der Waals surface area contributed by atoms with E-state index in [2.05, 4.69) is 29.3 Å². The van der Waals surface area contributed by atoms with Crippen LogP contribution in [0.25, 0.3) is 6.08 Å². The molecule has 2 rings (SSSR count). The van der Waals surface area contributed by atoms with Crippen molar-refractivity contribution in [2.75, 3.05) is 13.6 Å². The van der Waals surface area contributed by atoms with E-state index in [0.29, 0.717) is 0 Å². The molecule has 0 unspecified atom stereocenters. The molecule has 0 amide bonds. The van der Waals surface area contributed by atoms with Crippen LogP contribution in [0.5, 0.6) is 0 Å². The summed E-state index contributed by atoms with van der Waals surface area (Å²) in [4.78, 5) is 2.21. The molecule has 3 nitrogen and oxygen atoms in total. The average molecular weight is 273 g/mol. The van der Waals surface area contributed by atoms with E-state index >= 15 is 0 Å². The molecule has 0 aliphatic heterocycles. The highest BCUT2D eigenvalue weighted by molar-refractivity contribution is 5.48. The predicted octanol–water partition coefficient (Wildman–Crippen LogP) is 3.01. The van der Waals surface area contributed by atoms with Crippen molar-refractivity contribution in [3.05, 3.63) is 59.2 Å². The highest BCUT2D eigenvalue weighted by Gasteiger charge is 2.05. The summed E-state index contributed by atoms with van der Waals surface area (Å²) in [5.74, 6) is -0.202. The smallest absolute Gasteiger partial charge is 0.123 e. The Morgan fingerprint density at radius 1 is 1.30 bits per heavy atom. The van der Waals surface area contributed by atoms with Crippen molar-refractivity contribution in [3.8, 4) is 0 Å². The maximum absolute atomic E-state index is 12.8. The van der Waals surface area contributed by atoms with Gasteiger partial charge in [0.1, 0.15) is 5.82 Å². The van der Waals surface area contributed by atoms with Crippen LogP contribution in [0.1, 0.15) is 16.8 Å². The van der Waals surface area contributed by atoms with E-state index in [1.54, 1.807) is 12.1 Å². The van der Waals surface area contributed by atoms with Crippen molar-refractivity contribution in [2.24, 2.45) is 7.05 Å². The SMILES string of the molecule is Cc1nn(C)cc1CN(C)C/C=C/c1ccc(F)cc1. The van der Waals surface area contributed by atoms with E-state index < -0.39 is 0 Å². The molecule has 0 N–H and O–H groups in total. The molecule has 2 aromatic rings. The quantitative estimate of drug-likeness (QED) is 0.835. The van der Waals surface area contributed by atoms with Crippen LogP contribution in [-0.4, -0.2) is 28.3 Å². The second-order valence-electron chi connectivity index (χ2n) is 5.06. The standard InChI is InChI=1S/C16H20FN3/c1-13-15(12-20(3)18-13)11-19(2)10-4-5-14-6-8-16(17)9-7-14/h4-9,12H,10-11H2,1-3H3/b5-4+. The van der Waals surface area contributed by atoms with Gasteiger partial charge in [0.25, 0.3) is 0 Å². The molecule has 0 saturated carbocycles. The van der Waals surface area contributed by atoms with Gasteiger partial charge in [-0.3, -0.25) is 9.58 Å². The van der Waals surface area contributed by atoms with Crippen LogP contribution in [0.3, 0.4) is 0 Å². The predicted molar refractivity (Wildman–Crippen MR) is 79.7 cm³/mol. The van der Waals surface area contributed by atoms with Crippen molar-refractivity contribution < 1.29 is 4.39 Å². The summed E-state index contributed by atoms with van der Waals surface area (Å²) in [6, 6.07) is 6.50.